The van der Waals surface area contributed by atoms with Crippen LogP contribution in [0.15, 0.2) is 54.9 Å². The summed E-state index contributed by atoms with van der Waals surface area (Å²) in [5.74, 6) is -1.43. The lowest BCUT2D eigenvalue weighted by atomic mass is 10.2. The second-order valence-electron chi connectivity index (χ2n) is 5.48. The van der Waals surface area contributed by atoms with Crippen LogP contribution in [0.1, 0.15) is 17.3 Å². The second-order valence-corrected chi connectivity index (χ2v) is 5.92. The van der Waals surface area contributed by atoms with Gasteiger partial charge in [-0.3, -0.25) is 9.59 Å². The lowest BCUT2D eigenvalue weighted by molar-refractivity contribution is -0.114. The third kappa shape index (κ3) is 4.07. The lowest BCUT2D eigenvalue weighted by Crippen LogP contribution is -2.13. The van der Waals surface area contributed by atoms with E-state index in [1.54, 1.807) is 24.3 Å². The molecule has 132 valence electrons. The molecule has 0 saturated heterocycles. The first-order valence-corrected chi connectivity index (χ1v) is 7.99. The lowest BCUT2D eigenvalue weighted by Gasteiger charge is -2.08. The minimum atomic E-state index is -0.613. The van der Waals surface area contributed by atoms with Gasteiger partial charge < -0.3 is 10.6 Å². The zero-order valence-corrected chi connectivity index (χ0v) is 14.4. The predicted molar refractivity (Wildman–Crippen MR) is 97.2 cm³/mol. The Labute approximate surface area is 153 Å². The Kier molecular flexibility index (Phi) is 4.99. The van der Waals surface area contributed by atoms with Gasteiger partial charge in [-0.2, -0.15) is 5.10 Å². The van der Waals surface area contributed by atoms with Gasteiger partial charge in [0.15, 0.2) is 0 Å². The first-order chi connectivity index (χ1) is 12.4. The minimum absolute atomic E-state index is 0.0412. The van der Waals surface area contributed by atoms with Crippen LogP contribution < -0.4 is 10.6 Å². The van der Waals surface area contributed by atoms with Crippen LogP contribution in [-0.2, 0) is 4.79 Å². The van der Waals surface area contributed by atoms with Crippen LogP contribution in [0.5, 0.6) is 0 Å². The van der Waals surface area contributed by atoms with Crippen LogP contribution in [0.4, 0.5) is 15.8 Å². The normalized spacial score (nSPS) is 10.4. The number of anilines is 2. The van der Waals surface area contributed by atoms with E-state index in [-0.39, 0.29) is 17.2 Å². The highest BCUT2D eigenvalue weighted by molar-refractivity contribution is 6.30. The number of carbonyl (C=O) groups excluding carboxylic acids is 2. The topological polar surface area (TPSA) is 76.0 Å². The van der Waals surface area contributed by atoms with Gasteiger partial charge in [-0.25, -0.2) is 9.07 Å². The molecule has 1 aromatic heterocycles. The van der Waals surface area contributed by atoms with E-state index in [0.717, 1.165) is 11.8 Å². The van der Waals surface area contributed by atoms with Crippen LogP contribution in [0.2, 0.25) is 5.02 Å². The molecule has 0 aliphatic heterocycles. The number of amides is 2. The van der Waals surface area contributed by atoms with Crippen molar-refractivity contribution < 1.29 is 14.0 Å². The quantitative estimate of drug-likeness (QED) is 0.729. The van der Waals surface area contributed by atoms with Crippen LogP contribution in [0.25, 0.3) is 5.69 Å². The molecule has 2 N–H and O–H groups in total. The Morgan fingerprint density at radius 3 is 2.54 bits per heavy atom. The van der Waals surface area contributed by atoms with Crippen molar-refractivity contribution in [3.05, 3.63) is 71.3 Å². The third-order valence-corrected chi connectivity index (χ3v) is 3.72. The van der Waals surface area contributed by atoms with E-state index in [4.69, 9.17) is 11.6 Å². The summed E-state index contributed by atoms with van der Waals surface area (Å²) in [5.41, 5.74) is 1.32. The maximum Gasteiger partial charge on any atom is 0.258 e. The minimum Gasteiger partial charge on any atom is -0.326 e. The molecule has 0 aliphatic rings. The van der Waals surface area contributed by atoms with Gasteiger partial charge in [0.25, 0.3) is 5.91 Å². The summed E-state index contributed by atoms with van der Waals surface area (Å²) in [6, 6.07) is 10.9. The molecule has 2 aromatic carbocycles. The molecule has 8 heteroatoms. The molecule has 6 nitrogen and oxygen atoms in total. The van der Waals surface area contributed by atoms with E-state index in [9.17, 15) is 14.0 Å². The maximum absolute atomic E-state index is 13.9. The van der Waals surface area contributed by atoms with E-state index in [1.165, 1.54) is 36.1 Å². The molecule has 0 atom stereocenters. The van der Waals surface area contributed by atoms with Gasteiger partial charge in [-0.15, -0.1) is 0 Å². The molecule has 0 radical (unpaired) electrons. The van der Waals surface area contributed by atoms with Crippen molar-refractivity contribution in [2.45, 2.75) is 6.92 Å². The highest BCUT2D eigenvalue weighted by Crippen LogP contribution is 2.21. The zero-order valence-electron chi connectivity index (χ0n) is 13.7. The van der Waals surface area contributed by atoms with Crippen molar-refractivity contribution in [3.8, 4) is 5.69 Å². The van der Waals surface area contributed by atoms with E-state index in [0.29, 0.717) is 10.7 Å². The van der Waals surface area contributed by atoms with Crippen molar-refractivity contribution in [1.29, 1.82) is 0 Å². The van der Waals surface area contributed by atoms with Crippen LogP contribution in [-0.4, -0.2) is 21.6 Å². The third-order valence-electron chi connectivity index (χ3n) is 3.47. The predicted octanol–water partition coefficient (Wildman–Crippen LogP) is 3.88. The monoisotopic (exact) mass is 372 g/mol. The first-order valence-electron chi connectivity index (χ1n) is 7.61. The molecule has 0 fully saturated rings. The number of rotatable bonds is 4. The van der Waals surface area contributed by atoms with Gasteiger partial charge in [0.2, 0.25) is 5.91 Å². The number of carbonyl (C=O) groups is 2. The number of nitrogens with zero attached hydrogens (tertiary/aromatic N) is 2. The first kappa shape index (κ1) is 17.6. The highest BCUT2D eigenvalue weighted by Gasteiger charge is 2.13. The van der Waals surface area contributed by atoms with Crippen molar-refractivity contribution in [2.24, 2.45) is 0 Å². The molecule has 26 heavy (non-hydrogen) atoms. The fourth-order valence-corrected chi connectivity index (χ4v) is 2.40. The Balaban J connectivity index is 1.78. The fraction of sp³-hybridized carbons (Fsp3) is 0.0556. The van der Waals surface area contributed by atoms with E-state index in [2.05, 4.69) is 15.7 Å². The van der Waals surface area contributed by atoms with Gasteiger partial charge in [-0.1, -0.05) is 11.6 Å². The van der Waals surface area contributed by atoms with Gasteiger partial charge in [0, 0.05) is 23.8 Å². The SMILES string of the molecule is CC(=O)Nc1ccc(F)c(NC(=O)c2cnn(-c3ccc(Cl)cc3)c2)c1. The van der Waals surface area contributed by atoms with Gasteiger partial charge >= 0.3 is 0 Å². The molecule has 3 aromatic rings. The number of hydrogen-bond donors (Lipinski definition) is 2. The average molecular weight is 373 g/mol. The molecular weight excluding hydrogens is 359 g/mol. The molecule has 1 heterocycles. The van der Waals surface area contributed by atoms with Gasteiger partial charge in [0.05, 0.1) is 23.1 Å². The number of aromatic nitrogens is 2. The highest BCUT2D eigenvalue weighted by atomic mass is 35.5. The second kappa shape index (κ2) is 7.37. The van der Waals surface area contributed by atoms with E-state index < -0.39 is 11.7 Å². The summed E-state index contributed by atoms with van der Waals surface area (Å²) in [6.07, 6.45) is 2.90. The molecule has 3 rings (SSSR count). The summed E-state index contributed by atoms with van der Waals surface area (Å²) in [5, 5.41) is 9.72. The fourth-order valence-electron chi connectivity index (χ4n) is 2.27. The molecule has 0 aliphatic carbocycles. The summed E-state index contributed by atoms with van der Waals surface area (Å²) in [7, 11) is 0. The molecular formula is C18H14ClFN4O2. The van der Waals surface area contributed by atoms with Crippen molar-refractivity contribution in [2.75, 3.05) is 10.6 Å². The molecule has 0 unspecified atom stereocenters. The smallest absolute Gasteiger partial charge is 0.258 e. The van der Waals surface area contributed by atoms with Crippen LogP contribution in [0.3, 0.4) is 0 Å². The van der Waals surface area contributed by atoms with E-state index >= 15 is 0 Å². The Bertz CT molecular complexity index is 970. The molecule has 2 amide bonds. The van der Waals surface area contributed by atoms with Crippen LogP contribution >= 0.6 is 11.6 Å². The summed E-state index contributed by atoms with van der Waals surface area (Å²) in [4.78, 5) is 23.5. The van der Waals surface area contributed by atoms with Gasteiger partial charge in [-0.05, 0) is 42.5 Å². The largest absolute Gasteiger partial charge is 0.326 e. The maximum atomic E-state index is 13.9. The number of hydrogen-bond acceptors (Lipinski definition) is 3. The Hall–Kier alpha value is -3.19. The number of halogens is 2. The molecule has 0 bridgehead atoms. The van der Waals surface area contributed by atoms with Gasteiger partial charge in [0.1, 0.15) is 5.82 Å². The Morgan fingerprint density at radius 1 is 1.12 bits per heavy atom. The molecule has 0 spiro atoms. The zero-order chi connectivity index (χ0) is 18.7. The standard InChI is InChI=1S/C18H14ClFN4O2/c1-11(25)22-14-4-7-16(20)17(8-14)23-18(26)12-9-21-24(10-12)15-5-2-13(19)3-6-15/h2-10H,1H3,(H,22,25)(H,23,26). The van der Waals surface area contributed by atoms with E-state index in [1.807, 2.05) is 0 Å². The van der Waals surface area contributed by atoms with Crippen LogP contribution in [0, 0.1) is 5.82 Å². The number of benzene rings is 2. The van der Waals surface area contributed by atoms with Crippen molar-refractivity contribution in [1.82, 2.24) is 9.78 Å². The number of nitrogens with one attached hydrogen (secondary N) is 2. The Morgan fingerprint density at radius 2 is 1.85 bits per heavy atom. The molecule has 0 saturated carbocycles. The summed E-state index contributed by atoms with van der Waals surface area (Å²) < 4.78 is 15.4. The van der Waals surface area contributed by atoms with Crippen molar-refractivity contribution >= 4 is 34.8 Å². The summed E-state index contributed by atoms with van der Waals surface area (Å²) in [6.45, 7) is 1.34. The average Bonchev–Trinajstić information content (AvgIpc) is 3.08. The summed E-state index contributed by atoms with van der Waals surface area (Å²) >= 11 is 5.85. The van der Waals surface area contributed by atoms with Crippen molar-refractivity contribution in [3.63, 3.8) is 0 Å².